The molecule has 1 saturated carbocycles. The Bertz CT molecular complexity index is 250. The number of hydrogen-bond donors (Lipinski definition) is 0. The molecule has 4 nitrogen and oxygen atoms in total. The standard InChI is InChI=1S/C10H17NO3/c1-6-5-9(14-4)10(11(12)13)8(3)7(6)2/h7-10H,1,5H2,2-4H3. The molecule has 0 saturated heterocycles. The summed E-state index contributed by atoms with van der Waals surface area (Å²) in [6, 6.07) is -0.597. The van der Waals surface area contributed by atoms with Crippen LogP contribution in [0.4, 0.5) is 0 Å². The molecule has 0 N–H and O–H groups in total. The molecule has 0 heterocycles. The summed E-state index contributed by atoms with van der Waals surface area (Å²) in [7, 11) is 1.52. The summed E-state index contributed by atoms with van der Waals surface area (Å²) in [4.78, 5) is 10.7. The lowest BCUT2D eigenvalue weighted by molar-refractivity contribution is -0.547. The van der Waals surface area contributed by atoms with Crippen LogP contribution >= 0.6 is 0 Å². The van der Waals surface area contributed by atoms with Crippen LogP contribution in [0.1, 0.15) is 20.3 Å². The van der Waals surface area contributed by atoms with Gasteiger partial charge in [0.1, 0.15) is 6.10 Å². The van der Waals surface area contributed by atoms with E-state index in [1.165, 1.54) is 7.11 Å². The summed E-state index contributed by atoms with van der Waals surface area (Å²) < 4.78 is 5.15. The molecule has 0 aromatic rings. The van der Waals surface area contributed by atoms with E-state index >= 15 is 0 Å². The summed E-state index contributed by atoms with van der Waals surface area (Å²) in [6.07, 6.45) is 0.289. The Morgan fingerprint density at radius 3 is 2.57 bits per heavy atom. The highest BCUT2D eigenvalue weighted by molar-refractivity contribution is 5.09. The van der Waals surface area contributed by atoms with Crippen molar-refractivity contribution in [2.24, 2.45) is 11.8 Å². The SMILES string of the molecule is C=C1CC(OC)C([N+](=O)[O-])C(C)C1C. The molecule has 80 valence electrons. The molecule has 1 aliphatic carbocycles. The molecule has 4 atom stereocenters. The number of ether oxygens (including phenoxy) is 1. The second kappa shape index (κ2) is 4.09. The van der Waals surface area contributed by atoms with Gasteiger partial charge in [0, 0.05) is 24.4 Å². The van der Waals surface area contributed by atoms with Gasteiger partial charge in [0.2, 0.25) is 6.04 Å². The van der Waals surface area contributed by atoms with Crippen molar-refractivity contribution in [2.45, 2.75) is 32.4 Å². The Morgan fingerprint density at radius 1 is 1.57 bits per heavy atom. The lowest BCUT2D eigenvalue weighted by Crippen LogP contribution is -2.47. The fourth-order valence-corrected chi connectivity index (χ4v) is 2.12. The van der Waals surface area contributed by atoms with E-state index in [1.54, 1.807) is 0 Å². The monoisotopic (exact) mass is 199 g/mol. The highest BCUT2D eigenvalue weighted by Crippen LogP contribution is 2.35. The minimum absolute atomic E-state index is 0.00352. The van der Waals surface area contributed by atoms with Gasteiger partial charge in [0.15, 0.2) is 0 Å². The maximum absolute atomic E-state index is 10.9. The van der Waals surface area contributed by atoms with Gasteiger partial charge in [0.25, 0.3) is 0 Å². The van der Waals surface area contributed by atoms with Gasteiger partial charge in [0.05, 0.1) is 0 Å². The molecule has 4 heteroatoms. The number of rotatable bonds is 2. The smallest absolute Gasteiger partial charge is 0.242 e. The predicted molar refractivity (Wildman–Crippen MR) is 53.7 cm³/mol. The van der Waals surface area contributed by atoms with Crippen LogP contribution in [0.15, 0.2) is 12.2 Å². The Labute approximate surface area is 84.1 Å². The third kappa shape index (κ3) is 1.80. The van der Waals surface area contributed by atoms with Gasteiger partial charge < -0.3 is 4.74 Å². The first-order valence-corrected chi connectivity index (χ1v) is 4.83. The van der Waals surface area contributed by atoms with Crippen LogP contribution in [0, 0.1) is 22.0 Å². The van der Waals surface area contributed by atoms with Crippen molar-refractivity contribution in [3.05, 3.63) is 22.3 Å². The third-order valence-corrected chi connectivity index (χ3v) is 3.36. The highest BCUT2D eigenvalue weighted by Gasteiger charge is 2.44. The van der Waals surface area contributed by atoms with Gasteiger partial charge in [-0.05, 0) is 5.92 Å². The van der Waals surface area contributed by atoms with E-state index in [0.717, 1.165) is 5.57 Å². The Hall–Kier alpha value is -0.900. The van der Waals surface area contributed by atoms with Crippen LogP contribution in [-0.2, 0) is 4.74 Å². The first-order valence-electron chi connectivity index (χ1n) is 4.83. The summed E-state index contributed by atoms with van der Waals surface area (Å²) in [5.74, 6) is 0.202. The lowest BCUT2D eigenvalue weighted by Gasteiger charge is -2.35. The average Bonchev–Trinajstić information content (AvgIpc) is 2.12. The first kappa shape index (κ1) is 11.2. The second-order valence-electron chi connectivity index (χ2n) is 4.06. The van der Waals surface area contributed by atoms with Crippen molar-refractivity contribution in [1.82, 2.24) is 0 Å². The first-order chi connectivity index (χ1) is 6.49. The van der Waals surface area contributed by atoms with Crippen molar-refractivity contribution < 1.29 is 9.66 Å². The topological polar surface area (TPSA) is 52.4 Å². The molecule has 1 aliphatic rings. The zero-order valence-corrected chi connectivity index (χ0v) is 8.90. The molecule has 1 fully saturated rings. The summed E-state index contributed by atoms with van der Waals surface area (Å²) in [6.45, 7) is 7.83. The molecule has 0 aromatic carbocycles. The molecule has 0 radical (unpaired) electrons. The Kier molecular flexibility index (Phi) is 3.26. The van der Waals surface area contributed by atoms with Gasteiger partial charge in [-0.1, -0.05) is 26.0 Å². The average molecular weight is 199 g/mol. The molecule has 0 aliphatic heterocycles. The van der Waals surface area contributed by atoms with Crippen LogP contribution in [0.5, 0.6) is 0 Å². The molecule has 0 bridgehead atoms. The van der Waals surface area contributed by atoms with Gasteiger partial charge in [-0.3, -0.25) is 10.1 Å². The fraction of sp³-hybridized carbons (Fsp3) is 0.800. The van der Waals surface area contributed by atoms with Crippen LogP contribution in [-0.4, -0.2) is 24.2 Å². The number of nitro groups is 1. The largest absolute Gasteiger partial charge is 0.374 e. The molecule has 1 rings (SSSR count). The van der Waals surface area contributed by atoms with Gasteiger partial charge in [-0.15, -0.1) is 0 Å². The van der Waals surface area contributed by atoms with Crippen molar-refractivity contribution >= 4 is 0 Å². The van der Waals surface area contributed by atoms with E-state index in [0.29, 0.717) is 6.42 Å². The lowest BCUT2D eigenvalue weighted by atomic mass is 9.74. The molecule has 4 unspecified atom stereocenters. The van der Waals surface area contributed by atoms with Gasteiger partial charge >= 0.3 is 0 Å². The van der Waals surface area contributed by atoms with Crippen molar-refractivity contribution in [2.75, 3.05) is 7.11 Å². The molecule has 14 heavy (non-hydrogen) atoms. The van der Waals surface area contributed by atoms with E-state index in [9.17, 15) is 10.1 Å². The predicted octanol–water partition coefficient (Wildman–Crippen LogP) is 1.88. The van der Waals surface area contributed by atoms with Crippen LogP contribution in [0.3, 0.4) is 0 Å². The number of hydrogen-bond acceptors (Lipinski definition) is 3. The number of nitrogens with zero attached hydrogens (tertiary/aromatic N) is 1. The molecule has 0 amide bonds. The zero-order valence-electron chi connectivity index (χ0n) is 8.90. The minimum atomic E-state index is -0.597. The van der Waals surface area contributed by atoms with E-state index in [1.807, 2.05) is 13.8 Å². The van der Waals surface area contributed by atoms with Crippen molar-refractivity contribution in [3.8, 4) is 0 Å². The minimum Gasteiger partial charge on any atom is -0.374 e. The highest BCUT2D eigenvalue weighted by atomic mass is 16.6. The van der Waals surface area contributed by atoms with Gasteiger partial charge in [-0.25, -0.2) is 0 Å². The normalized spacial score (nSPS) is 38.4. The van der Waals surface area contributed by atoms with Crippen molar-refractivity contribution in [3.63, 3.8) is 0 Å². The Balaban J connectivity index is 2.88. The quantitative estimate of drug-likeness (QED) is 0.387. The van der Waals surface area contributed by atoms with E-state index in [-0.39, 0.29) is 22.9 Å². The fourth-order valence-electron chi connectivity index (χ4n) is 2.12. The number of methoxy groups -OCH3 is 1. The molecule has 0 spiro atoms. The molecular formula is C10H17NO3. The van der Waals surface area contributed by atoms with Crippen LogP contribution in [0.2, 0.25) is 0 Å². The molecule has 0 aromatic heterocycles. The third-order valence-electron chi connectivity index (χ3n) is 3.36. The Morgan fingerprint density at radius 2 is 2.14 bits per heavy atom. The van der Waals surface area contributed by atoms with Gasteiger partial charge in [-0.2, -0.15) is 0 Å². The van der Waals surface area contributed by atoms with Crippen molar-refractivity contribution in [1.29, 1.82) is 0 Å². The van der Waals surface area contributed by atoms with E-state index < -0.39 is 6.04 Å². The molecular weight excluding hydrogens is 182 g/mol. The van der Waals surface area contributed by atoms with E-state index in [4.69, 9.17) is 4.74 Å². The second-order valence-corrected chi connectivity index (χ2v) is 4.06. The summed E-state index contributed by atoms with van der Waals surface area (Å²) in [5.41, 5.74) is 1.06. The zero-order chi connectivity index (χ0) is 10.9. The summed E-state index contributed by atoms with van der Waals surface area (Å²) in [5, 5.41) is 10.9. The van der Waals surface area contributed by atoms with E-state index in [2.05, 4.69) is 6.58 Å². The summed E-state index contributed by atoms with van der Waals surface area (Å²) >= 11 is 0. The van der Waals surface area contributed by atoms with Crippen LogP contribution in [0.25, 0.3) is 0 Å². The maximum atomic E-state index is 10.9. The van der Waals surface area contributed by atoms with Crippen LogP contribution < -0.4 is 0 Å². The maximum Gasteiger partial charge on any atom is 0.242 e.